The SMILES string of the molecule is Cc1ccc2nc(Nc3ccc(C)c(C)c3)c3nnnn3c2c1. The zero-order chi connectivity index (χ0) is 16.0. The molecule has 6 nitrogen and oxygen atoms in total. The molecular weight excluding hydrogens is 288 g/mol. The number of tetrazole rings is 1. The van der Waals surface area contributed by atoms with Crippen molar-refractivity contribution in [1.29, 1.82) is 0 Å². The van der Waals surface area contributed by atoms with E-state index < -0.39 is 0 Å². The van der Waals surface area contributed by atoms with Crippen LogP contribution in [0.1, 0.15) is 16.7 Å². The van der Waals surface area contributed by atoms with E-state index >= 15 is 0 Å². The lowest BCUT2D eigenvalue weighted by Crippen LogP contribution is -2.01. The summed E-state index contributed by atoms with van der Waals surface area (Å²) >= 11 is 0. The smallest absolute Gasteiger partial charge is 0.222 e. The van der Waals surface area contributed by atoms with E-state index in [-0.39, 0.29) is 0 Å². The Morgan fingerprint density at radius 1 is 0.957 bits per heavy atom. The fourth-order valence-corrected chi connectivity index (χ4v) is 2.60. The van der Waals surface area contributed by atoms with Crippen LogP contribution in [0.25, 0.3) is 16.7 Å². The van der Waals surface area contributed by atoms with Gasteiger partial charge in [-0.3, -0.25) is 0 Å². The number of rotatable bonds is 2. The molecule has 0 spiro atoms. The van der Waals surface area contributed by atoms with Gasteiger partial charge in [0, 0.05) is 5.69 Å². The first-order chi connectivity index (χ1) is 11.1. The van der Waals surface area contributed by atoms with Crippen LogP contribution >= 0.6 is 0 Å². The Morgan fingerprint density at radius 3 is 2.65 bits per heavy atom. The van der Waals surface area contributed by atoms with Crippen LogP contribution in [-0.4, -0.2) is 25.0 Å². The van der Waals surface area contributed by atoms with E-state index in [0.29, 0.717) is 11.5 Å². The van der Waals surface area contributed by atoms with Crippen LogP contribution in [0.4, 0.5) is 11.5 Å². The summed E-state index contributed by atoms with van der Waals surface area (Å²) in [6.45, 7) is 6.22. The van der Waals surface area contributed by atoms with E-state index in [4.69, 9.17) is 0 Å². The Hall–Kier alpha value is -3.02. The molecule has 4 rings (SSSR count). The maximum atomic E-state index is 4.69. The molecule has 2 aromatic heterocycles. The van der Waals surface area contributed by atoms with Crippen LogP contribution < -0.4 is 5.32 Å². The molecule has 1 N–H and O–H groups in total. The van der Waals surface area contributed by atoms with Gasteiger partial charge in [-0.25, -0.2) is 4.98 Å². The predicted octanol–water partition coefficient (Wildman–Crippen LogP) is 3.34. The van der Waals surface area contributed by atoms with Crippen molar-refractivity contribution in [3.05, 3.63) is 53.1 Å². The Bertz CT molecular complexity index is 1030. The minimum Gasteiger partial charge on any atom is -0.337 e. The average Bonchev–Trinajstić information content (AvgIpc) is 3.02. The molecule has 0 radical (unpaired) electrons. The Morgan fingerprint density at radius 2 is 1.83 bits per heavy atom. The second-order valence-electron chi connectivity index (χ2n) is 5.79. The summed E-state index contributed by atoms with van der Waals surface area (Å²) in [5.74, 6) is 0.648. The third-order valence-corrected chi connectivity index (χ3v) is 4.04. The fourth-order valence-electron chi connectivity index (χ4n) is 2.60. The normalized spacial score (nSPS) is 11.3. The number of benzene rings is 2. The van der Waals surface area contributed by atoms with Gasteiger partial charge in [-0.15, -0.1) is 5.10 Å². The van der Waals surface area contributed by atoms with E-state index in [1.54, 1.807) is 4.52 Å². The van der Waals surface area contributed by atoms with E-state index in [0.717, 1.165) is 22.3 Å². The fraction of sp³-hybridized carbons (Fsp3) is 0.176. The van der Waals surface area contributed by atoms with Gasteiger partial charge in [-0.05, 0) is 72.2 Å². The summed E-state index contributed by atoms with van der Waals surface area (Å²) in [5.41, 5.74) is 6.95. The van der Waals surface area contributed by atoms with Crippen molar-refractivity contribution >= 4 is 28.2 Å². The summed E-state index contributed by atoms with van der Waals surface area (Å²) < 4.78 is 1.72. The van der Waals surface area contributed by atoms with Crippen LogP contribution in [0.15, 0.2) is 36.4 Å². The highest BCUT2D eigenvalue weighted by Crippen LogP contribution is 2.24. The van der Waals surface area contributed by atoms with Gasteiger partial charge in [-0.2, -0.15) is 4.52 Å². The molecule has 0 saturated heterocycles. The average molecular weight is 304 g/mol. The summed E-state index contributed by atoms with van der Waals surface area (Å²) in [4.78, 5) is 4.69. The predicted molar refractivity (Wildman–Crippen MR) is 90.0 cm³/mol. The minimum absolute atomic E-state index is 0.612. The van der Waals surface area contributed by atoms with Gasteiger partial charge >= 0.3 is 0 Å². The molecule has 0 bridgehead atoms. The third-order valence-electron chi connectivity index (χ3n) is 4.04. The molecule has 0 aliphatic heterocycles. The van der Waals surface area contributed by atoms with E-state index in [9.17, 15) is 0 Å². The quantitative estimate of drug-likeness (QED) is 0.615. The van der Waals surface area contributed by atoms with E-state index in [1.807, 2.05) is 31.2 Å². The van der Waals surface area contributed by atoms with Crippen molar-refractivity contribution in [2.24, 2.45) is 0 Å². The molecule has 2 aromatic carbocycles. The van der Waals surface area contributed by atoms with Crippen molar-refractivity contribution in [2.75, 3.05) is 5.32 Å². The molecule has 0 fully saturated rings. The van der Waals surface area contributed by atoms with Gasteiger partial charge in [0.2, 0.25) is 5.65 Å². The second kappa shape index (κ2) is 5.01. The van der Waals surface area contributed by atoms with Gasteiger partial charge in [0.05, 0.1) is 11.0 Å². The second-order valence-corrected chi connectivity index (χ2v) is 5.79. The molecule has 0 aliphatic rings. The maximum absolute atomic E-state index is 4.69. The number of nitrogens with one attached hydrogen (secondary N) is 1. The third kappa shape index (κ3) is 2.28. The Balaban J connectivity index is 1.89. The molecule has 2 heterocycles. The molecule has 0 atom stereocenters. The van der Waals surface area contributed by atoms with Gasteiger partial charge in [0.25, 0.3) is 0 Å². The molecule has 4 aromatic rings. The Labute approximate surface area is 133 Å². The number of anilines is 2. The molecule has 6 heteroatoms. The van der Waals surface area contributed by atoms with Crippen LogP contribution in [-0.2, 0) is 0 Å². The van der Waals surface area contributed by atoms with Gasteiger partial charge in [0.15, 0.2) is 5.82 Å². The topological polar surface area (TPSA) is 68.0 Å². The first-order valence-corrected chi connectivity index (χ1v) is 7.44. The maximum Gasteiger partial charge on any atom is 0.222 e. The van der Waals surface area contributed by atoms with E-state index in [2.05, 4.69) is 51.8 Å². The molecule has 23 heavy (non-hydrogen) atoms. The number of hydrogen-bond donors (Lipinski definition) is 1. The number of fused-ring (bicyclic) bond motifs is 3. The molecule has 114 valence electrons. The number of aromatic nitrogens is 5. The minimum atomic E-state index is 0.612. The standard InChI is InChI=1S/C17H16N6/c1-10-4-7-14-15(8-10)23-17(20-21-22-23)16(19-14)18-13-6-5-11(2)12(3)9-13/h4-9H,1-3H3,(H,18,19). The van der Waals surface area contributed by atoms with Crippen molar-refractivity contribution < 1.29 is 0 Å². The van der Waals surface area contributed by atoms with Crippen molar-refractivity contribution in [3.63, 3.8) is 0 Å². The van der Waals surface area contributed by atoms with Crippen molar-refractivity contribution in [3.8, 4) is 0 Å². The Kier molecular flexibility index (Phi) is 2.97. The molecule has 0 aliphatic carbocycles. The monoisotopic (exact) mass is 304 g/mol. The van der Waals surface area contributed by atoms with Gasteiger partial charge < -0.3 is 5.32 Å². The molecule has 0 amide bonds. The molecule has 0 unspecified atom stereocenters. The van der Waals surface area contributed by atoms with Crippen LogP contribution in [0, 0.1) is 20.8 Å². The summed E-state index contributed by atoms with van der Waals surface area (Å²) in [5, 5.41) is 15.3. The zero-order valence-electron chi connectivity index (χ0n) is 13.2. The molecular formula is C17H16N6. The zero-order valence-corrected chi connectivity index (χ0v) is 13.2. The number of aryl methyl sites for hydroxylation is 3. The first-order valence-electron chi connectivity index (χ1n) is 7.44. The van der Waals surface area contributed by atoms with Crippen molar-refractivity contribution in [1.82, 2.24) is 25.0 Å². The molecule has 0 saturated carbocycles. The highest BCUT2D eigenvalue weighted by molar-refractivity contribution is 5.84. The lowest BCUT2D eigenvalue weighted by molar-refractivity contribution is 0.840. The lowest BCUT2D eigenvalue weighted by Gasteiger charge is -2.10. The summed E-state index contributed by atoms with van der Waals surface area (Å²) in [7, 11) is 0. The van der Waals surface area contributed by atoms with E-state index in [1.165, 1.54) is 11.1 Å². The highest BCUT2D eigenvalue weighted by Gasteiger charge is 2.12. The number of hydrogen-bond acceptors (Lipinski definition) is 5. The number of nitrogens with zero attached hydrogens (tertiary/aromatic N) is 5. The van der Waals surface area contributed by atoms with Crippen LogP contribution in [0.2, 0.25) is 0 Å². The first kappa shape index (κ1) is 13.6. The van der Waals surface area contributed by atoms with Crippen LogP contribution in [0.3, 0.4) is 0 Å². The van der Waals surface area contributed by atoms with Crippen molar-refractivity contribution in [2.45, 2.75) is 20.8 Å². The highest BCUT2D eigenvalue weighted by atomic mass is 15.5. The summed E-state index contributed by atoms with van der Waals surface area (Å²) in [6, 6.07) is 12.3. The largest absolute Gasteiger partial charge is 0.337 e. The van der Waals surface area contributed by atoms with Gasteiger partial charge in [0.1, 0.15) is 0 Å². The van der Waals surface area contributed by atoms with Gasteiger partial charge in [-0.1, -0.05) is 12.1 Å². The lowest BCUT2D eigenvalue weighted by atomic mass is 10.1. The summed E-state index contributed by atoms with van der Waals surface area (Å²) in [6.07, 6.45) is 0. The van der Waals surface area contributed by atoms with Crippen LogP contribution in [0.5, 0.6) is 0 Å².